The summed E-state index contributed by atoms with van der Waals surface area (Å²) in [7, 11) is 0. The van der Waals surface area contributed by atoms with Crippen molar-refractivity contribution in [1.29, 1.82) is 0 Å². The van der Waals surface area contributed by atoms with E-state index in [-0.39, 0.29) is 5.91 Å². The molecule has 4 nitrogen and oxygen atoms in total. The summed E-state index contributed by atoms with van der Waals surface area (Å²) in [6, 6.07) is 7.85. The van der Waals surface area contributed by atoms with E-state index in [1.165, 1.54) is 36.2 Å². The van der Waals surface area contributed by atoms with Gasteiger partial charge in [0.15, 0.2) is 0 Å². The third-order valence-corrected chi connectivity index (χ3v) is 5.76. The topological polar surface area (TPSA) is 35.6 Å². The minimum absolute atomic E-state index is 0.223. The Morgan fingerprint density at radius 3 is 2.50 bits per heavy atom. The summed E-state index contributed by atoms with van der Waals surface area (Å²) in [5.74, 6) is 0.223. The van der Waals surface area contributed by atoms with Crippen molar-refractivity contribution in [2.24, 2.45) is 0 Å². The lowest BCUT2D eigenvalue weighted by Crippen LogP contribution is -2.51. The maximum absolute atomic E-state index is 11.5. The van der Waals surface area contributed by atoms with Crippen LogP contribution in [-0.4, -0.2) is 54.0 Å². The first-order chi connectivity index (χ1) is 11.5. The maximum Gasteiger partial charge on any atom is 0.219 e. The largest absolute Gasteiger partial charge is 0.381 e. The van der Waals surface area contributed by atoms with Crippen LogP contribution >= 0.6 is 0 Å². The minimum atomic E-state index is 0.223. The van der Waals surface area contributed by atoms with Gasteiger partial charge in [-0.1, -0.05) is 6.07 Å². The Kier molecular flexibility index (Phi) is 5.44. The number of nitrogens with one attached hydrogen (secondary N) is 1. The first-order valence-electron chi connectivity index (χ1n) is 9.36. The van der Waals surface area contributed by atoms with Crippen LogP contribution in [0, 0.1) is 13.8 Å². The summed E-state index contributed by atoms with van der Waals surface area (Å²) < 4.78 is 0. The SMILES string of the molecule is CC(=O)N1CCC(N2CCC[C@@H](Nc3ccc(C)c(C)c3)C2)CC1. The molecule has 0 aromatic heterocycles. The van der Waals surface area contributed by atoms with E-state index >= 15 is 0 Å². The van der Waals surface area contributed by atoms with Gasteiger partial charge >= 0.3 is 0 Å². The van der Waals surface area contributed by atoms with E-state index in [2.05, 4.69) is 42.3 Å². The van der Waals surface area contributed by atoms with Crippen LogP contribution in [0.25, 0.3) is 0 Å². The van der Waals surface area contributed by atoms with Crippen LogP contribution in [0.5, 0.6) is 0 Å². The lowest BCUT2D eigenvalue weighted by atomic mass is 9.97. The quantitative estimate of drug-likeness (QED) is 0.925. The number of hydrogen-bond donors (Lipinski definition) is 1. The van der Waals surface area contributed by atoms with Crippen molar-refractivity contribution in [3.8, 4) is 0 Å². The van der Waals surface area contributed by atoms with Crippen LogP contribution in [0.3, 0.4) is 0 Å². The number of aryl methyl sites for hydroxylation is 2. The van der Waals surface area contributed by atoms with Gasteiger partial charge in [0.05, 0.1) is 0 Å². The Morgan fingerprint density at radius 2 is 1.83 bits per heavy atom. The summed E-state index contributed by atoms with van der Waals surface area (Å²) >= 11 is 0. The van der Waals surface area contributed by atoms with Crippen molar-refractivity contribution in [2.45, 2.75) is 58.5 Å². The Balaban J connectivity index is 1.54. The van der Waals surface area contributed by atoms with Gasteiger partial charge in [0.2, 0.25) is 5.91 Å². The summed E-state index contributed by atoms with van der Waals surface area (Å²) in [6.07, 6.45) is 4.75. The molecular formula is C20H31N3O. The second-order valence-electron chi connectivity index (χ2n) is 7.51. The van der Waals surface area contributed by atoms with E-state index in [4.69, 9.17) is 0 Å². The zero-order valence-corrected chi connectivity index (χ0v) is 15.3. The van der Waals surface area contributed by atoms with E-state index in [1.807, 2.05) is 4.90 Å². The number of benzene rings is 1. The number of carbonyl (C=O) groups excluding carboxylic acids is 1. The molecule has 2 aliphatic heterocycles. The lowest BCUT2D eigenvalue weighted by Gasteiger charge is -2.42. The predicted molar refractivity (Wildman–Crippen MR) is 99.4 cm³/mol. The summed E-state index contributed by atoms with van der Waals surface area (Å²) in [5, 5.41) is 3.74. The molecule has 0 aliphatic carbocycles. The molecule has 1 aromatic carbocycles. The monoisotopic (exact) mass is 329 g/mol. The van der Waals surface area contributed by atoms with Gasteiger partial charge in [0.1, 0.15) is 0 Å². The fraction of sp³-hybridized carbons (Fsp3) is 0.650. The van der Waals surface area contributed by atoms with E-state index < -0.39 is 0 Å². The zero-order chi connectivity index (χ0) is 17.1. The molecule has 2 fully saturated rings. The first-order valence-corrected chi connectivity index (χ1v) is 9.36. The van der Waals surface area contributed by atoms with Crippen molar-refractivity contribution in [3.63, 3.8) is 0 Å². The Bertz CT molecular complexity index is 578. The molecule has 1 amide bonds. The third kappa shape index (κ3) is 4.10. The zero-order valence-electron chi connectivity index (χ0n) is 15.3. The van der Waals surface area contributed by atoms with Crippen molar-refractivity contribution in [3.05, 3.63) is 29.3 Å². The fourth-order valence-corrected chi connectivity index (χ4v) is 4.07. The van der Waals surface area contributed by atoms with Gasteiger partial charge in [-0.3, -0.25) is 9.69 Å². The second kappa shape index (κ2) is 7.56. The molecule has 1 N–H and O–H groups in total. The summed E-state index contributed by atoms with van der Waals surface area (Å²) in [5.41, 5.74) is 3.95. The molecule has 2 heterocycles. The van der Waals surface area contributed by atoms with Gasteiger partial charge in [-0.25, -0.2) is 0 Å². The van der Waals surface area contributed by atoms with Gasteiger partial charge in [-0.15, -0.1) is 0 Å². The standard InChI is InChI=1S/C20H31N3O/c1-15-6-7-18(13-16(15)2)21-19-5-4-10-23(14-19)20-8-11-22(12-9-20)17(3)24/h6-7,13,19-21H,4-5,8-12,14H2,1-3H3/t19-/m1/s1. The van der Waals surface area contributed by atoms with Gasteiger partial charge in [0.25, 0.3) is 0 Å². The van der Waals surface area contributed by atoms with Gasteiger partial charge in [-0.05, 0) is 69.3 Å². The highest BCUT2D eigenvalue weighted by molar-refractivity contribution is 5.73. The molecule has 132 valence electrons. The lowest BCUT2D eigenvalue weighted by molar-refractivity contribution is -0.130. The second-order valence-corrected chi connectivity index (χ2v) is 7.51. The number of piperidine rings is 2. The van der Waals surface area contributed by atoms with E-state index in [0.717, 1.165) is 32.5 Å². The molecule has 2 aliphatic rings. The van der Waals surface area contributed by atoms with Crippen LogP contribution in [0.15, 0.2) is 18.2 Å². The number of amides is 1. The average molecular weight is 329 g/mol. The molecule has 24 heavy (non-hydrogen) atoms. The molecule has 3 rings (SSSR count). The maximum atomic E-state index is 11.5. The fourth-order valence-electron chi connectivity index (χ4n) is 4.07. The highest BCUT2D eigenvalue weighted by Crippen LogP contribution is 2.23. The van der Waals surface area contributed by atoms with Gasteiger partial charge in [-0.2, -0.15) is 0 Å². The molecule has 0 spiro atoms. The van der Waals surface area contributed by atoms with Crippen molar-refractivity contribution in [2.75, 3.05) is 31.5 Å². The molecule has 0 saturated carbocycles. The number of rotatable bonds is 3. The van der Waals surface area contributed by atoms with Crippen LogP contribution < -0.4 is 5.32 Å². The van der Waals surface area contributed by atoms with Crippen LogP contribution in [0.2, 0.25) is 0 Å². The Hall–Kier alpha value is -1.55. The molecule has 1 atom stereocenters. The number of hydrogen-bond acceptors (Lipinski definition) is 3. The number of carbonyl (C=O) groups is 1. The molecular weight excluding hydrogens is 298 g/mol. The molecule has 0 bridgehead atoms. The molecule has 0 unspecified atom stereocenters. The first kappa shape index (κ1) is 17.3. The average Bonchev–Trinajstić information content (AvgIpc) is 2.58. The smallest absolute Gasteiger partial charge is 0.219 e. The highest BCUT2D eigenvalue weighted by atomic mass is 16.2. The Morgan fingerprint density at radius 1 is 1.08 bits per heavy atom. The van der Waals surface area contributed by atoms with Crippen LogP contribution in [-0.2, 0) is 4.79 Å². The van der Waals surface area contributed by atoms with Crippen molar-refractivity contribution in [1.82, 2.24) is 9.80 Å². The number of anilines is 1. The van der Waals surface area contributed by atoms with Crippen molar-refractivity contribution >= 4 is 11.6 Å². The van der Waals surface area contributed by atoms with Crippen LogP contribution in [0.1, 0.15) is 43.7 Å². The normalized spacial score (nSPS) is 23.3. The molecule has 1 aromatic rings. The van der Waals surface area contributed by atoms with Gasteiger partial charge in [0, 0.05) is 44.3 Å². The number of nitrogens with zero attached hydrogens (tertiary/aromatic N) is 2. The Labute approximate surface area is 146 Å². The predicted octanol–water partition coefficient (Wildman–Crippen LogP) is 3.19. The highest BCUT2D eigenvalue weighted by Gasteiger charge is 2.29. The van der Waals surface area contributed by atoms with E-state index in [1.54, 1.807) is 6.92 Å². The minimum Gasteiger partial charge on any atom is -0.381 e. The van der Waals surface area contributed by atoms with E-state index in [0.29, 0.717) is 12.1 Å². The van der Waals surface area contributed by atoms with Crippen LogP contribution in [0.4, 0.5) is 5.69 Å². The molecule has 2 saturated heterocycles. The molecule has 4 heteroatoms. The van der Waals surface area contributed by atoms with Gasteiger partial charge < -0.3 is 10.2 Å². The summed E-state index contributed by atoms with van der Waals surface area (Å²) in [6.45, 7) is 10.2. The van der Waals surface area contributed by atoms with E-state index in [9.17, 15) is 4.79 Å². The van der Waals surface area contributed by atoms with Crippen molar-refractivity contribution < 1.29 is 4.79 Å². The molecule has 0 radical (unpaired) electrons. The number of likely N-dealkylation sites (tertiary alicyclic amines) is 2. The summed E-state index contributed by atoms with van der Waals surface area (Å²) in [4.78, 5) is 16.1. The third-order valence-electron chi connectivity index (χ3n) is 5.76.